The minimum Gasteiger partial charge on any atom is -0.790 e. The summed E-state index contributed by atoms with van der Waals surface area (Å²) in [6.45, 7) is 6.54. The number of aliphatic hydroxyl groups excluding tert-OH is 4. The van der Waals surface area contributed by atoms with Crippen molar-refractivity contribution in [3.8, 4) is 0 Å². The monoisotopic (exact) mass is 1730 g/mol. The molecule has 2 saturated heterocycles. The number of phosphoric ester groups is 6. The summed E-state index contributed by atoms with van der Waals surface area (Å²) in [6.07, 6.45) is -13.9. The fraction of sp³-hybridized carbons (Fsp3) is 0.654. The van der Waals surface area contributed by atoms with Gasteiger partial charge in [0.05, 0.1) is 60.3 Å². The summed E-state index contributed by atoms with van der Waals surface area (Å²) >= 11 is 1.94. The Kier molecular flexibility index (Phi) is 36.1. The van der Waals surface area contributed by atoms with E-state index in [1.54, 1.807) is 13.8 Å². The summed E-state index contributed by atoms with van der Waals surface area (Å²) in [5, 5.41) is 61.4. The number of nitrogens with zero attached hydrogens (tertiary/aromatic N) is 8. The van der Waals surface area contributed by atoms with Gasteiger partial charge in [-0.1, -0.05) is 56.8 Å². The third-order valence-corrected chi connectivity index (χ3v) is 22.2. The number of nitrogens with two attached hydrogens (primary N) is 2. The number of anilines is 2. The number of rotatable bonds is 41. The standard InChI is InChI=1S/C26H44N7O18P3S.C26H42N7O17P3S.H2O/c1-25(2,20(37)23(38)29-6-5-15(34)28-7-8-55-16(35)9-26(3,4)39)11-48-54(45,46)51-53(43,44)47-10-14-19(50-52(40,41)42)18(36)24(49-14)33-13-32-17-21(27)30-12-31-22(17)33;1-14(2)9-17(35)54-8-7-28-16(34)5-6-29-24(38)21(37)26(3,4)11-47-53(44,45)50-52(42,43)46-10-15-20(49-51(39,40)41)19(36)25(48-15)33-13-32-18-22(27)30-12-31-23(18)33;/h12-14,18-20,24,36-37,39H,5-11H2,1-4H3,(H,28,34)(H,29,38)(H,43,44)(H,45,46)(H2,27,30,31)(H2,40,41,42);9,12-13,15,19-21,25,36-37H,5-8,10-11H2,1-4H3,(H,28,34)(H,29,38)(H,42,43)(H,44,45)(H2,27,30,31)(H2,39,40,41);1H2/p-8. The largest absolute Gasteiger partial charge is 0.790 e. The van der Waals surface area contributed by atoms with Crippen molar-refractivity contribution >= 4 is 138 Å². The molecule has 15 N–H and O–H groups in total. The lowest BCUT2D eigenvalue weighted by atomic mass is 9.87. The van der Waals surface area contributed by atoms with E-state index in [2.05, 4.69) is 86.9 Å². The summed E-state index contributed by atoms with van der Waals surface area (Å²) in [5.74, 6) is -2.62. The molecule has 0 aliphatic carbocycles. The molecule has 6 rings (SSSR count). The van der Waals surface area contributed by atoms with E-state index in [-0.39, 0.29) is 101 Å². The first kappa shape index (κ1) is 97.1. The van der Waals surface area contributed by atoms with Gasteiger partial charge in [-0.3, -0.25) is 56.2 Å². The van der Waals surface area contributed by atoms with E-state index in [9.17, 15) is 121 Å². The van der Waals surface area contributed by atoms with E-state index >= 15 is 0 Å². The highest BCUT2D eigenvalue weighted by molar-refractivity contribution is 8.14. The number of aliphatic hydroxyl groups is 5. The number of imidazole rings is 2. The zero-order chi connectivity index (χ0) is 82.2. The zero-order valence-corrected chi connectivity index (χ0v) is 66.1. The SMILES string of the molecule is CC(C)(O)CC(=O)SCCNC(=O)CCNC(=O)C(O)C(C)(C)COP(=O)([O-])OP(=O)([O-])OCC1OC(n2cnc3c(N)ncnc32)C(O)C1OP(=O)([O-])[O-].CC(C)=CC(=O)SCCNC(=O)CCNC(=O)C(O)C(C)(C)COP(=O)([O-])OP(=O)([O-])OCC1OC(n2cnc3c(N)ncnc32)C(O)C1OP(=O)([O-])[O-].O. The van der Waals surface area contributed by atoms with Crippen molar-refractivity contribution in [1.29, 1.82) is 0 Å². The van der Waals surface area contributed by atoms with Crippen molar-refractivity contribution in [2.45, 2.75) is 142 Å². The molecule has 14 atom stereocenters. The van der Waals surface area contributed by atoms with Crippen LogP contribution in [0.25, 0.3) is 22.3 Å². The van der Waals surface area contributed by atoms with Gasteiger partial charge in [0, 0.05) is 67.8 Å². The Hall–Kier alpha value is -5.22. The number of aromatic nitrogens is 8. The summed E-state index contributed by atoms with van der Waals surface area (Å²) in [6, 6.07) is 0. The van der Waals surface area contributed by atoms with Gasteiger partial charge in [0.25, 0.3) is 31.3 Å². The number of allylic oxidation sites excluding steroid dienone is 1. The predicted octanol–water partition coefficient (Wildman–Crippen LogP) is -7.42. The topological polar surface area (TPSA) is 802 Å². The number of fused-ring (bicyclic) bond motifs is 2. The van der Waals surface area contributed by atoms with Gasteiger partial charge in [-0.2, -0.15) is 0 Å². The van der Waals surface area contributed by atoms with E-state index in [0.717, 1.165) is 63.5 Å². The fourth-order valence-electron chi connectivity index (χ4n) is 9.21. The van der Waals surface area contributed by atoms with Crippen molar-refractivity contribution in [3.63, 3.8) is 0 Å². The molecule has 0 radical (unpaired) electrons. The van der Waals surface area contributed by atoms with Crippen molar-refractivity contribution in [2.24, 2.45) is 10.8 Å². The van der Waals surface area contributed by atoms with E-state index in [1.165, 1.54) is 47.6 Å². The zero-order valence-electron chi connectivity index (χ0n) is 59.1. The maximum Gasteiger partial charge on any atom is 0.274 e. The number of hydrogen-bond acceptors (Lipinski definition) is 45. The Labute approximate surface area is 632 Å². The van der Waals surface area contributed by atoms with E-state index in [0.29, 0.717) is 5.75 Å². The van der Waals surface area contributed by atoms with E-state index < -0.39 is 175 Å². The molecule has 58 heteroatoms. The van der Waals surface area contributed by atoms with Crippen LogP contribution in [0, 0.1) is 10.8 Å². The first-order chi connectivity index (χ1) is 50.1. The van der Waals surface area contributed by atoms with Gasteiger partial charge in [0.1, 0.15) is 72.5 Å². The Balaban J connectivity index is 0.000000460. The Morgan fingerprint density at radius 3 is 1.30 bits per heavy atom. The van der Waals surface area contributed by atoms with Crippen LogP contribution in [0.2, 0.25) is 0 Å². The molecule has 2 aliphatic rings. The molecule has 0 spiro atoms. The molecule has 4 aromatic heterocycles. The predicted molar refractivity (Wildman–Crippen MR) is 360 cm³/mol. The molecule has 0 bridgehead atoms. The van der Waals surface area contributed by atoms with Gasteiger partial charge in [0.15, 0.2) is 40.5 Å². The van der Waals surface area contributed by atoms with Crippen LogP contribution in [0.15, 0.2) is 37.0 Å². The van der Waals surface area contributed by atoms with E-state index in [4.69, 9.17) is 20.9 Å². The molecule has 0 saturated carbocycles. The summed E-state index contributed by atoms with van der Waals surface area (Å²) in [5.41, 5.74) is 7.77. The molecule has 624 valence electrons. The normalized spacial score (nSPS) is 21.8. The Bertz CT molecular complexity index is 4180. The minimum absolute atomic E-state index is 0. The van der Waals surface area contributed by atoms with E-state index in [1.807, 2.05) is 0 Å². The third-order valence-electron chi connectivity index (χ3n) is 14.4. The number of nitrogen functional groups attached to an aromatic ring is 2. The van der Waals surface area contributed by atoms with Gasteiger partial charge in [-0.05, 0) is 33.8 Å². The maximum atomic E-state index is 12.5. The average Bonchev–Trinajstić information content (AvgIpc) is 1.62. The summed E-state index contributed by atoms with van der Waals surface area (Å²) in [7, 11) is -35.2. The Morgan fingerprint density at radius 2 is 0.945 bits per heavy atom. The molecule has 110 heavy (non-hydrogen) atoms. The van der Waals surface area contributed by atoms with Crippen LogP contribution in [0.5, 0.6) is 0 Å². The molecule has 4 aromatic rings. The number of hydrogen-bond donors (Lipinski definition) is 11. The summed E-state index contributed by atoms with van der Waals surface area (Å²) in [4.78, 5) is 191. The van der Waals surface area contributed by atoms with Crippen LogP contribution < -0.4 is 71.9 Å². The fourth-order valence-corrected chi connectivity index (χ4v) is 16.3. The molecular formula is C52H80N14O36P6S2-8. The van der Waals surface area contributed by atoms with Gasteiger partial charge >= 0.3 is 0 Å². The van der Waals surface area contributed by atoms with Crippen LogP contribution in [0.1, 0.15) is 87.1 Å². The van der Waals surface area contributed by atoms with Crippen LogP contribution in [-0.4, -0.2) is 222 Å². The van der Waals surface area contributed by atoms with Crippen LogP contribution in [0.3, 0.4) is 0 Å². The minimum atomic E-state index is -5.92. The van der Waals surface area contributed by atoms with Crippen LogP contribution in [0.4, 0.5) is 11.6 Å². The van der Waals surface area contributed by atoms with Gasteiger partial charge in [-0.15, -0.1) is 0 Å². The lowest BCUT2D eigenvalue weighted by Gasteiger charge is -2.36. The third kappa shape index (κ3) is 31.5. The van der Waals surface area contributed by atoms with Crippen molar-refractivity contribution in [2.75, 3.05) is 75.6 Å². The van der Waals surface area contributed by atoms with Gasteiger partial charge < -0.3 is 149 Å². The molecule has 4 amide bonds. The highest BCUT2D eigenvalue weighted by atomic mass is 32.2. The van der Waals surface area contributed by atoms with Gasteiger partial charge in [0.2, 0.25) is 28.7 Å². The number of nitrogens with one attached hydrogen (secondary N) is 4. The Morgan fingerprint density at radius 1 is 0.582 bits per heavy atom. The average molecular weight is 1730 g/mol. The molecule has 6 heterocycles. The highest BCUT2D eigenvalue weighted by Gasteiger charge is 2.49. The van der Waals surface area contributed by atoms with Crippen LogP contribution >= 0.6 is 70.5 Å². The first-order valence-corrected chi connectivity index (χ1v) is 42.2. The number of thioether (sulfide) groups is 2. The quantitative estimate of drug-likeness (QED) is 0.0112. The maximum absolute atomic E-state index is 12.5. The first-order valence-electron chi connectivity index (χ1n) is 31.4. The summed E-state index contributed by atoms with van der Waals surface area (Å²) < 4.78 is 121. The van der Waals surface area contributed by atoms with Crippen molar-refractivity contribution in [3.05, 3.63) is 37.0 Å². The number of carbonyl (C=O) groups is 6. The molecular weight excluding hydrogens is 1650 g/mol. The second kappa shape index (κ2) is 40.9. The second-order valence-electron chi connectivity index (χ2n) is 25.6. The van der Waals surface area contributed by atoms with Crippen molar-refractivity contribution < 1.29 is 172 Å². The number of amides is 4. The second-order valence-corrected chi connectivity index (χ2v) is 35.9. The molecule has 2 aliphatic heterocycles. The number of ether oxygens (including phenoxy) is 2. The van der Waals surface area contributed by atoms with Crippen LogP contribution in [-0.2, 0) is 101 Å². The smallest absolute Gasteiger partial charge is 0.274 e. The lowest BCUT2D eigenvalue weighted by Crippen LogP contribution is -2.46. The number of carbonyl (C=O) groups excluding carboxylic acids is 6. The molecule has 2 fully saturated rings. The lowest BCUT2D eigenvalue weighted by molar-refractivity contribution is -0.348. The number of phosphoric acid groups is 6. The van der Waals surface area contributed by atoms with Gasteiger partial charge in [-0.25, -0.2) is 38.5 Å². The molecule has 0 aromatic carbocycles. The highest BCUT2D eigenvalue weighted by Crippen LogP contribution is 2.58. The molecule has 50 nitrogen and oxygen atoms in total. The molecule has 14 unspecified atom stereocenters. The van der Waals surface area contributed by atoms with Crippen molar-refractivity contribution in [1.82, 2.24) is 60.3 Å².